The molecule has 0 aromatic carbocycles. The molecule has 0 aromatic rings. The van der Waals surface area contributed by atoms with Crippen molar-refractivity contribution in [2.24, 2.45) is 0 Å². The van der Waals surface area contributed by atoms with Crippen LogP contribution in [0.4, 0.5) is 0 Å². The topological polar surface area (TPSA) is 32.3 Å². The lowest BCUT2D eigenvalue weighted by atomic mass is 9.92. The number of aliphatic hydroxyl groups excluding tert-OH is 1. The van der Waals surface area contributed by atoms with E-state index >= 15 is 0 Å². The molecule has 0 spiro atoms. The summed E-state index contributed by atoms with van der Waals surface area (Å²) < 4.78 is 0. The fourth-order valence-electron chi connectivity index (χ4n) is 2.81. The highest BCUT2D eigenvalue weighted by Gasteiger charge is 2.23. The molecule has 2 heteroatoms. The van der Waals surface area contributed by atoms with Gasteiger partial charge in [-0.2, -0.15) is 0 Å². The van der Waals surface area contributed by atoms with Crippen LogP contribution in [0.1, 0.15) is 78.1 Å². The Labute approximate surface area is 107 Å². The summed E-state index contributed by atoms with van der Waals surface area (Å²) in [6.45, 7) is 4.52. The first-order chi connectivity index (χ1) is 8.24. The van der Waals surface area contributed by atoms with Gasteiger partial charge in [-0.1, -0.05) is 51.9 Å². The van der Waals surface area contributed by atoms with E-state index in [1.807, 2.05) is 0 Å². The summed E-state index contributed by atoms with van der Waals surface area (Å²) in [7, 11) is 0. The molecule has 2 N–H and O–H groups in total. The van der Waals surface area contributed by atoms with Gasteiger partial charge in [0, 0.05) is 12.1 Å². The predicted molar refractivity (Wildman–Crippen MR) is 74.2 cm³/mol. The Morgan fingerprint density at radius 2 is 1.82 bits per heavy atom. The van der Waals surface area contributed by atoms with Crippen molar-refractivity contribution >= 4 is 0 Å². The van der Waals surface area contributed by atoms with Gasteiger partial charge in [0.1, 0.15) is 0 Å². The lowest BCUT2D eigenvalue weighted by Gasteiger charge is -2.31. The molecule has 1 aliphatic rings. The Balaban J connectivity index is 2.05. The largest absolute Gasteiger partial charge is 0.392 e. The van der Waals surface area contributed by atoms with E-state index in [2.05, 4.69) is 19.2 Å². The molecular weight excluding hydrogens is 210 g/mol. The van der Waals surface area contributed by atoms with Crippen LogP contribution >= 0.6 is 0 Å². The summed E-state index contributed by atoms with van der Waals surface area (Å²) in [6, 6.07) is 0.920. The molecule has 0 bridgehead atoms. The van der Waals surface area contributed by atoms with Gasteiger partial charge in [0.15, 0.2) is 0 Å². The number of nitrogens with one attached hydrogen (secondary N) is 1. The van der Waals surface area contributed by atoms with Crippen LogP contribution in [0.3, 0.4) is 0 Å². The molecule has 0 aromatic heterocycles. The fourth-order valence-corrected chi connectivity index (χ4v) is 2.81. The first-order valence-corrected chi connectivity index (χ1v) is 7.68. The molecule has 0 amide bonds. The highest BCUT2D eigenvalue weighted by atomic mass is 16.3. The van der Waals surface area contributed by atoms with Crippen LogP contribution in [0.15, 0.2) is 0 Å². The molecule has 0 saturated heterocycles. The van der Waals surface area contributed by atoms with Crippen LogP contribution in [0.25, 0.3) is 0 Å². The zero-order chi connectivity index (χ0) is 12.5. The van der Waals surface area contributed by atoms with E-state index < -0.39 is 0 Å². The summed E-state index contributed by atoms with van der Waals surface area (Å²) in [6.07, 6.45) is 12.5. The van der Waals surface area contributed by atoms with Crippen molar-refractivity contribution in [3.8, 4) is 0 Å². The number of unbranched alkanes of at least 4 members (excludes halogenated alkanes) is 4. The number of hydrogen-bond acceptors (Lipinski definition) is 2. The van der Waals surface area contributed by atoms with E-state index in [1.165, 1.54) is 51.4 Å². The maximum absolute atomic E-state index is 9.90. The second kappa shape index (κ2) is 8.93. The van der Waals surface area contributed by atoms with Gasteiger partial charge in [0.25, 0.3) is 0 Å². The maximum Gasteiger partial charge on any atom is 0.0693 e. The molecule has 1 fully saturated rings. The molecule has 0 aliphatic heterocycles. The molecule has 1 rings (SSSR count). The maximum atomic E-state index is 9.90. The second-order valence-corrected chi connectivity index (χ2v) is 5.73. The summed E-state index contributed by atoms with van der Waals surface area (Å²) in [5.74, 6) is 0. The molecular formula is C15H31NO. The van der Waals surface area contributed by atoms with Gasteiger partial charge < -0.3 is 10.4 Å². The van der Waals surface area contributed by atoms with Crippen LogP contribution in [0.2, 0.25) is 0 Å². The quantitative estimate of drug-likeness (QED) is 0.636. The van der Waals surface area contributed by atoms with Gasteiger partial charge in [-0.05, 0) is 26.2 Å². The van der Waals surface area contributed by atoms with Crippen molar-refractivity contribution in [2.45, 2.75) is 96.2 Å². The third-order valence-electron chi connectivity index (χ3n) is 3.97. The van der Waals surface area contributed by atoms with E-state index in [4.69, 9.17) is 0 Å². The summed E-state index contributed by atoms with van der Waals surface area (Å²) in [5, 5.41) is 13.5. The summed E-state index contributed by atoms with van der Waals surface area (Å²) in [4.78, 5) is 0. The lowest BCUT2D eigenvalue weighted by Crippen LogP contribution is -2.46. The van der Waals surface area contributed by atoms with Crippen LogP contribution in [0, 0.1) is 0 Å². The van der Waals surface area contributed by atoms with Crippen molar-refractivity contribution < 1.29 is 5.11 Å². The molecule has 1 saturated carbocycles. The molecule has 2 nitrogen and oxygen atoms in total. The molecule has 3 unspecified atom stereocenters. The van der Waals surface area contributed by atoms with Gasteiger partial charge in [-0.3, -0.25) is 0 Å². The second-order valence-electron chi connectivity index (χ2n) is 5.73. The minimum atomic E-state index is -0.105. The molecule has 102 valence electrons. The first-order valence-electron chi connectivity index (χ1n) is 7.68. The standard InChI is InChI=1S/C15H31NO/c1-3-4-5-6-7-10-13(2)16-14-11-8-9-12-15(14)17/h13-17H,3-12H2,1-2H3. The van der Waals surface area contributed by atoms with Crippen LogP contribution < -0.4 is 5.32 Å². The van der Waals surface area contributed by atoms with E-state index in [0.29, 0.717) is 12.1 Å². The van der Waals surface area contributed by atoms with E-state index in [0.717, 1.165) is 12.8 Å². The lowest BCUT2D eigenvalue weighted by molar-refractivity contribution is 0.0852. The normalized spacial score (nSPS) is 27.0. The Kier molecular flexibility index (Phi) is 7.87. The first kappa shape index (κ1) is 15.0. The average molecular weight is 241 g/mol. The van der Waals surface area contributed by atoms with E-state index in [-0.39, 0.29) is 6.10 Å². The molecule has 0 radical (unpaired) electrons. The van der Waals surface area contributed by atoms with Crippen molar-refractivity contribution in [2.75, 3.05) is 0 Å². The highest BCUT2D eigenvalue weighted by Crippen LogP contribution is 2.19. The van der Waals surface area contributed by atoms with Crippen LogP contribution in [0.5, 0.6) is 0 Å². The SMILES string of the molecule is CCCCCCCC(C)NC1CCCCC1O. The van der Waals surface area contributed by atoms with Gasteiger partial charge in [0.05, 0.1) is 6.10 Å². The van der Waals surface area contributed by atoms with Crippen LogP contribution in [-0.4, -0.2) is 23.3 Å². The number of hydrogen-bond donors (Lipinski definition) is 2. The monoisotopic (exact) mass is 241 g/mol. The van der Waals surface area contributed by atoms with Gasteiger partial charge in [0.2, 0.25) is 0 Å². The summed E-state index contributed by atoms with van der Waals surface area (Å²) in [5.41, 5.74) is 0. The third-order valence-corrected chi connectivity index (χ3v) is 3.97. The van der Waals surface area contributed by atoms with Crippen molar-refractivity contribution in [3.63, 3.8) is 0 Å². The van der Waals surface area contributed by atoms with Crippen molar-refractivity contribution in [1.29, 1.82) is 0 Å². The van der Waals surface area contributed by atoms with Crippen LogP contribution in [-0.2, 0) is 0 Å². The fraction of sp³-hybridized carbons (Fsp3) is 1.00. The van der Waals surface area contributed by atoms with Crippen molar-refractivity contribution in [1.82, 2.24) is 5.32 Å². The average Bonchev–Trinajstić information content (AvgIpc) is 2.32. The minimum absolute atomic E-state index is 0.105. The summed E-state index contributed by atoms with van der Waals surface area (Å²) >= 11 is 0. The minimum Gasteiger partial charge on any atom is -0.392 e. The highest BCUT2D eigenvalue weighted by molar-refractivity contribution is 4.82. The third kappa shape index (κ3) is 6.42. The Hall–Kier alpha value is -0.0800. The smallest absolute Gasteiger partial charge is 0.0693 e. The van der Waals surface area contributed by atoms with Gasteiger partial charge >= 0.3 is 0 Å². The van der Waals surface area contributed by atoms with E-state index in [9.17, 15) is 5.11 Å². The Morgan fingerprint density at radius 3 is 2.53 bits per heavy atom. The molecule has 1 aliphatic carbocycles. The van der Waals surface area contributed by atoms with Gasteiger partial charge in [-0.15, -0.1) is 0 Å². The number of aliphatic hydroxyl groups is 1. The molecule has 17 heavy (non-hydrogen) atoms. The zero-order valence-electron chi connectivity index (χ0n) is 11.8. The zero-order valence-corrected chi connectivity index (χ0v) is 11.8. The Morgan fingerprint density at radius 1 is 1.12 bits per heavy atom. The predicted octanol–water partition coefficient (Wildman–Crippen LogP) is 3.63. The molecule has 3 atom stereocenters. The van der Waals surface area contributed by atoms with Crippen molar-refractivity contribution in [3.05, 3.63) is 0 Å². The Bertz CT molecular complexity index is 184. The van der Waals surface area contributed by atoms with E-state index in [1.54, 1.807) is 0 Å². The molecule has 0 heterocycles. The van der Waals surface area contributed by atoms with Gasteiger partial charge in [-0.25, -0.2) is 0 Å². The number of rotatable bonds is 8.